The highest BCUT2D eigenvalue weighted by molar-refractivity contribution is 9.10. The van der Waals surface area contributed by atoms with Gasteiger partial charge in [-0.3, -0.25) is 9.59 Å². The average molecular weight is 489 g/mol. The van der Waals surface area contributed by atoms with Crippen molar-refractivity contribution in [1.29, 1.82) is 0 Å². The molecule has 0 aliphatic carbocycles. The highest BCUT2D eigenvalue weighted by Gasteiger charge is 2.27. The summed E-state index contributed by atoms with van der Waals surface area (Å²) < 4.78 is 6.63. The molecule has 0 saturated heterocycles. The number of ether oxygens (including phenoxy) is 1. The van der Waals surface area contributed by atoms with Gasteiger partial charge in [-0.25, -0.2) is 0 Å². The van der Waals surface area contributed by atoms with E-state index >= 15 is 0 Å². The zero-order chi connectivity index (χ0) is 23.2. The van der Waals surface area contributed by atoms with Crippen molar-refractivity contribution < 1.29 is 14.3 Å². The molecule has 0 unspecified atom stereocenters. The van der Waals surface area contributed by atoms with Gasteiger partial charge in [0.15, 0.2) is 6.61 Å². The second-order valence-electron chi connectivity index (χ2n) is 9.03. The monoisotopic (exact) mass is 488 g/mol. The van der Waals surface area contributed by atoms with Crippen LogP contribution in [0.2, 0.25) is 0 Å². The van der Waals surface area contributed by atoms with E-state index in [1.165, 1.54) is 5.56 Å². The van der Waals surface area contributed by atoms with Gasteiger partial charge in [0.05, 0.1) is 4.47 Å². The fourth-order valence-electron chi connectivity index (χ4n) is 3.07. The zero-order valence-corrected chi connectivity index (χ0v) is 20.8. The number of halogens is 1. The second-order valence-corrected chi connectivity index (χ2v) is 9.88. The van der Waals surface area contributed by atoms with Crippen LogP contribution in [0.25, 0.3) is 0 Å². The van der Waals surface area contributed by atoms with Gasteiger partial charge in [-0.15, -0.1) is 0 Å². The number of carbonyl (C=O) groups excluding carboxylic acids is 2. The fourth-order valence-corrected chi connectivity index (χ4v) is 3.57. The van der Waals surface area contributed by atoms with E-state index < -0.39 is 6.04 Å². The summed E-state index contributed by atoms with van der Waals surface area (Å²) in [6.45, 7) is 12.1. The number of hydrogen-bond donors (Lipinski definition) is 1. The number of hydrogen-bond acceptors (Lipinski definition) is 3. The highest BCUT2D eigenvalue weighted by Crippen LogP contribution is 2.31. The normalized spacial score (nSPS) is 12.4. The molecule has 31 heavy (non-hydrogen) atoms. The van der Waals surface area contributed by atoms with E-state index in [1.807, 2.05) is 62.4 Å². The fraction of sp³-hybridized carbons (Fsp3) is 0.440. The minimum Gasteiger partial charge on any atom is -0.483 e. The maximum Gasteiger partial charge on any atom is 0.261 e. The van der Waals surface area contributed by atoms with Gasteiger partial charge in [0.2, 0.25) is 5.91 Å². The van der Waals surface area contributed by atoms with Crippen LogP contribution in [0.3, 0.4) is 0 Å². The summed E-state index contributed by atoms with van der Waals surface area (Å²) in [4.78, 5) is 27.3. The summed E-state index contributed by atoms with van der Waals surface area (Å²) >= 11 is 3.55. The van der Waals surface area contributed by atoms with Crippen LogP contribution in [0.4, 0.5) is 0 Å². The van der Waals surface area contributed by atoms with E-state index in [9.17, 15) is 9.59 Å². The highest BCUT2D eigenvalue weighted by atomic mass is 79.9. The Morgan fingerprint density at radius 2 is 1.71 bits per heavy atom. The Kier molecular flexibility index (Phi) is 8.69. The maximum atomic E-state index is 13.1. The molecule has 1 N–H and O–H groups in total. The molecule has 2 aromatic rings. The van der Waals surface area contributed by atoms with Crippen LogP contribution in [0.15, 0.2) is 53.0 Å². The maximum absolute atomic E-state index is 13.1. The summed E-state index contributed by atoms with van der Waals surface area (Å²) in [5, 5.41) is 2.89. The lowest BCUT2D eigenvalue weighted by Gasteiger charge is -2.29. The molecule has 0 bridgehead atoms. The van der Waals surface area contributed by atoms with Crippen molar-refractivity contribution in [2.75, 3.05) is 6.61 Å². The molecule has 0 heterocycles. The van der Waals surface area contributed by atoms with E-state index in [2.05, 4.69) is 42.0 Å². The van der Waals surface area contributed by atoms with Crippen molar-refractivity contribution in [3.05, 3.63) is 64.1 Å². The minimum atomic E-state index is -0.620. The molecule has 1 atom stereocenters. The Morgan fingerprint density at radius 1 is 1.06 bits per heavy atom. The molecule has 0 fully saturated rings. The van der Waals surface area contributed by atoms with Crippen molar-refractivity contribution in [2.24, 2.45) is 0 Å². The van der Waals surface area contributed by atoms with E-state index in [0.717, 1.165) is 10.0 Å². The minimum absolute atomic E-state index is 0.00263. The molecule has 0 spiro atoms. The smallest absolute Gasteiger partial charge is 0.261 e. The quantitative estimate of drug-likeness (QED) is 0.564. The zero-order valence-electron chi connectivity index (χ0n) is 19.2. The van der Waals surface area contributed by atoms with Crippen molar-refractivity contribution in [1.82, 2.24) is 10.2 Å². The predicted octanol–water partition coefficient (Wildman–Crippen LogP) is 5.07. The third-order valence-electron chi connectivity index (χ3n) is 4.94. The van der Waals surface area contributed by atoms with Crippen LogP contribution in [0.5, 0.6) is 5.75 Å². The number of benzene rings is 2. The van der Waals surface area contributed by atoms with Gasteiger partial charge in [-0.1, -0.05) is 57.2 Å². The molecule has 0 saturated carbocycles. The van der Waals surface area contributed by atoms with Crippen LogP contribution in [-0.4, -0.2) is 35.4 Å². The molecule has 0 aliphatic heterocycles. The second kappa shape index (κ2) is 10.8. The first kappa shape index (κ1) is 24.9. The first-order valence-corrected chi connectivity index (χ1v) is 11.3. The summed E-state index contributed by atoms with van der Waals surface area (Å²) in [5.41, 5.74) is 2.14. The molecular weight excluding hydrogens is 456 g/mol. The summed E-state index contributed by atoms with van der Waals surface area (Å²) in [6.07, 6.45) is 0. The van der Waals surface area contributed by atoms with Crippen molar-refractivity contribution in [3.63, 3.8) is 0 Å². The molecule has 5 nitrogen and oxygen atoms in total. The van der Waals surface area contributed by atoms with Crippen molar-refractivity contribution in [2.45, 2.75) is 65.6 Å². The number of amides is 2. The molecule has 2 amide bonds. The van der Waals surface area contributed by atoms with Crippen molar-refractivity contribution >= 4 is 27.7 Å². The lowest BCUT2D eigenvalue weighted by Crippen LogP contribution is -2.50. The first-order valence-electron chi connectivity index (χ1n) is 10.6. The Morgan fingerprint density at radius 3 is 2.26 bits per heavy atom. The lowest BCUT2D eigenvalue weighted by molar-refractivity contribution is -0.142. The molecule has 2 aromatic carbocycles. The molecule has 6 heteroatoms. The molecule has 168 valence electrons. The average Bonchev–Trinajstić information content (AvgIpc) is 2.70. The number of carbonyl (C=O) groups is 2. The predicted molar refractivity (Wildman–Crippen MR) is 128 cm³/mol. The standard InChI is InChI=1S/C25H33BrN2O3/c1-17(2)27-24(30)18(3)28(15-19-10-8-7-9-11-19)23(29)16-31-22-13-12-20(14-21(22)26)25(4,5)6/h7-14,17-18H,15-16H2,1-6H3,(H,27,30)/t18-/m0/s1. The van der Waals surface area contributed by atoms with Crippen LogP contribution in [-0.2, 0) is 21.5 Å². The van der Waals surface area contributed by atoms with E-state index in [4.69, 9.17) is 4.74 Å². The van der Waals surface area contributed by atoms with Crippen LogP contribution in [0, 0.1) is 0 Å². The van der Waals surface area contributed by atoms with Crippen LogP contribution < -0.4 is 10.1 Å². The summed E-state index contributed by atoms with van der Waals surface area (Å²) in [6, 6.07) is 14.9. The van der Waals surface area contributed by atoms with Gasteiger partial charge in [-0.2, -0.15) is 0 Å². The SMILES string of the molecule is CC(C)NC(=O)[C@H](C)N(Cc1ccccc1)C(=O)COc1ccc(C(C)(C)C)cc1Br. The Labute approximate surface area is 194 Å². The molecule has 0 aliphatic rings. The molecule has 0 radical (unpaired) electrons. The van der Waals surface area contributed by atoms with Gasteiger partial charge < -0.3 is 15.0 Å². The van der Waals surface area contributed by atoms with E-state index in [1.54, 1.807) is 11.8 Å². The van der Waals surface area contributed by atoms with Gasteiger partial charge in [-0.05, 0) is 65.4 Å². The summed E-state index contributed by atoms with van der Waals surface area (Å²) in [5.74, 6) is 0.164. The first-order chi connectivity index (χ1) is 14.5. The van der Waals surface area contributed by atoms with Crippen LogP contribution >= 0.6 is 15.9 Å². The van der Waals surface area contributed by atoms with Gasteiger partial charge in [0.25, 0.3) is 5.91 Å². The van der Waals surface area contributed by atoms with Gasteiger partial charge >= 0.3 is 0 Å². The Balaban J connectivity index is 2.16. The molecule has 0 aromatic heterocycles. The third kappa shape index (κ3) is 7.39. The summed E-state index contributed by atoms with van der Waals surface area (Å²) in [7, 11) is 0. The Bertz CT molecular complexity index is 891. The number of rotatable bonds is 8. The Hall–Kier alpha value is -2.34. The largest absolute Gasteiger partial charge is 0.483 e. The molecular formula is C25H33BrN2O3. The third-order valence-corrected chi connectivity index (χ3v) is 5.56. The van der Waals surface area contributed by atoms with Gasteiger partial charge in [0, 0.05) is 12.6 Å². The van der Waals surface area contributed by atoms with E-state index in [-0.39, 0.29) is 29.9 Å². The van der Waals surface area contributed by atoms with Gasteiger partial charge in [0.1, 0.15) is 11.8 Å². The van der Waals surface area contributed by atoms with Crippen molar-refractivity contribution in [3.8, 4) is 5.75 Å². The van der Waals surface area contributed by atoms with Crippen LogP contribution in [0.1, 0.15) is 52.7 Å². The lowest BCUT2D eigenvalue weighted by atomic mass is 9.87. The molecule has 2 rings (SSSR count). The topological polar surface area (TPSA) is 58.6 Å². The number of nitrogens with zero attached hydrogens (tertiary/aromatic N) is 1. The van der Waals surface area contributed by atoms with E-state index in [0.29, 0.717) is 12.3 Å². The number of nitrogens with one attached hydrogen (secondary N) is 1.